The third-order valence-corrected chi connectivity index (χ3v) is 6.60. The topological polar surface area (TPSA) is 115 Å². The molecule has 0 radical (unpaired) electrons. The number of nitrogens with zero attached hydrogens (tertiary/aromatic N) is 3. The summed E-state index contributed by atoms with van der Waals surface area (Å²) in [5.41, 5.74) is 0.836. The summed E-state index contributed by atoms with van der Waals surface area (Å²) in [7, 11) is 0. The first-order chi connectivity index (χ1) is 14.9. The van der Waals surface area contributed by atoms with Crippen molar-refractivity contribution < 1.29 is 32.5 Å². The summed E-state index contributed by atoms with van der Waals surface area (Å²) < 4.78 is 46.3. The largest absolute Gasteiger partial charge is 0.417 e. The van der Waals surface area contributed by atoms with Crippen LogP contribution in [0.5, 0.6) is 0 Å². The van der Waals surface area contributed by atoms with E-state index in [9.17, 15) is 27.7 Å². The van der Waals surface area contributed by atoms with E-state index < -0.39 is 58.2 Å². The van der Waals surface area contributed by atoms with Crippen LogP contribution in [0.15, 0.2) is 18.2 Å². The zero-order valence-electron chi connectivity index (χ0n) is 17.5. The number of hydrogen-bond donors (Lipinski definition) is 2. The van der Waals surface area contributed by atoms with Crippen molar-refractivity contribution in [2.45, 2.75) is 50.6 Å². The molecule has 3 fully saturated rings. The number of rotatable bonds is 5. The van der Waals surface area contributed by atoms with Crippen molar-refractivity contribution in [3.8, 4) is 6.07 Å². The van der Waals surface area contributed by atoms with E-state index in [1.165, 1.54) is 6.07 Å². The number of hydrazine groups is 2. The summed E-state index contributed by atoms with van der Waals surface area (Å²) in [6, 6.07) is 3.61. The third-order valence-electron chi connectivity index (χ3n) is 6.60. The molecule has 2 N–H and O–H groups in total. The Morgan fingerprint density at radius 1 is 1.28 bits per heavy atom. The first-order valence-corrected chi connectivity index (χ1v) is 10.0. The molecule has 2 bridgehead atoms. The van der Waals surface area contributed by atoms with Gasteiger partial charge in [-0.1, -0.05) is 0 Å². The van der Waals surface area contributed by atoms with Crippen molar-refractivity contribution in [1.82, 2.24) is 10.9 Å². The monoisotopic (exact) mass is 452 g/mol. The highest BCUT2D eigenvalue weighted by atomic mass is 19.4. The first kappa shape index (κ1) is 22.0. The second-order valence-electron chi connectivity index (χ2n) is 8.60. The van der Waals surface area contributed by atoms with Crippen molar-refractivity contribution in [3.05, 3.63) is 34.2 Å². The number of ether oxygens (including phenoxy) is 1. The molecule has 3 heterocycles. The lowest BCUT2D eigenvalue weighted by molar-refractivity contribution is -0.667. The summed E-state index contributed by atoms with van der Waals surface area (Å²) in [6.45, 7) is 5.37. The van der Waals surface area contributed by atoms with Crippen LogP contribution < -0.4 is 15.8 Å². The van der Waals surface area contributed by atoms with Gasteiger partial charge in [0.05, 0.1) is 51.8 Å². The smallest absolute Gasteiger partial charge is 0.365 e. The Bertz CT molecular complexity index is 1070. The molecule has 2 amide bonds. The molecule has 0 aliphatic carbocycles. The molecule has 0 saturated carbocycles. The molecule has 170 valence electrons. The number of nitriles is 1. The van der Waals surface area contributed by atoms with Crippen molar-refractivity contribution in [1.29, 1.82) is 5.26 Å². The molecule has 32 heavy (non-hydrogen) atoms. The van der Waals surface area contributed by atoms with Gasteiger partial charge in [-0.05, 0) is 39.0 Å². The number of fused-ring (bicyclic) bond motifs is 5. The summed E-state index contributed by atoms with van der Waals surface area (Å²) in [5.74, 6) is -3.24. The van der Waals surface area contributed by atoms with Crippen LogP contribution in [0.3, 0.4) is 0 Å². The molecule has 1 aromatic rings. The summed E-state index contributed by atoms with van der Waals surface area (Å²) in [6.07, 6.45) is -4.58. The van der Waals surface area contributed by atoms with Gasteiger partial charge in [0.15, 0.2) is 0 Å². The van der Waals surface area contributed by atoms with Crippen molar-refractivity contribution in [2.75, 3.05) is 11.4 Å². The van der Waals surface area contributed by atoms with E-state index in [1.54, 1.807) is 20.8 Å². The maximum atomic E-state index is 13.4. The van der Waals surface area contributed by atoms with E-state index in [0.29, 0.717) is 17.6 Å². The van der Waals surface area contributed by atoms with Crippen molar-refractivity contribution in [2.24, 2.45) is 11.8 Å². The van der Waals surface area contributed by atoms with Crippen molar-refractivity contribution >= 4 is 17.5 Å². The van der Waals surface area contributed by atoms with E-state index in [1.807, 2.05) is 0 Å². The van der Waals surface area contributed by atoms with Gasteiger partial charge in [0.25, 0.3) is 0 Å². The van der Waals surface area contributed by atoms with Crippen LogP contribution in [0, 0.1) is 28.1 Å². The number of halogens is 3. The number of carbonyl (C=O) groups excluding carboxylic acids is 2. The molecule has 3 aliphatic heterocycles. The highest BCUT2D eigenvalue weighted by Crippen LogP contribution is 2.61. The fourth-order valence-corrected chi connectivity index (χ4v) is 5.32. The molecule has 5 atom stereocenters. The van der Waals surface area contributed by atoms with Crippen molar-refractivity contribution in [3.63, 3.8) is 0 Å². The Balaban J connectivity index is 1.72. The van der Waals surface area contributed by atoms with Gasteiger partial charge < -0.3 is 4.74 Å². The van der Waals surface area contributed by atoms with Gasteiger partial charge in [0.1, 0.15) is 11.6 Å². The zero-order chi connectivity index (χ0) is 23.6. The predicted octanol–water partition coefficient (Wildman–Crippen LogP) is 1.81. The molecule has 9 nitrogen and oxygen atoms in total. The lowest BCUT2D eigenvalue weighted by atomic mass is 9.66. The number of anilines is 1. The fraction of sp³-hybridized carbons (Fsp3) is 0.550. The number of alkyl halides is 3. The van der Waals surface area contributed by atoms with E-state index in [2.05, 4.69) is 10.9 Å². The number of imide groups is 1. The normalized spacial score (nSPS) is 33.3. The average molecular weight is 452 g/mol. The van der Waals surface area contributed by atoms with Gasteiger partial charge in [0.2, 0.25) is 16.8 Å². The van der Waals surface area contributed by atoms with E-state index in [-0.39, 0.29) is 12.1 Å². The Kier molecular flexibility index (Phi) is 4.74. The molecule has 12 heteroatoms. The van der Waals surface area contributed by atoms with Crippen LogP contribution in [0.2, 0.25) is 0 Å². The summed E-state index contributed by atoms with van der Waals surface area (Å²) >= 11 is 0. The van der Waals surface area contributed by atoms with Crippen LogP contribution >= 0.6 is 0 Å². The van der Waals surface area contributed by atoms with Gasteiger partial charge in [-0.3, -0.25) is 9.59 Å². The Labute approximate surface area is 181 Å². The Morgan fingerprint density at radius 2 is 1.94 bits per heavy atom. The predicted molar refractivity (Wildman–Crippen MR) is 102 cm³/mol. The maximum absolute atomic E-state index is 13.4. The number of amides is 2. The van der Waals surface area contributed by atoms with E-state index >= 15 is 0 Å². The van der Waals surface area contributed by atoms with E-state index in [0.717, 1.165) is 17.0 Å². The van der Waals surface area contributed by atoms with Gasteiger partial charge in [-0.25, -0.2) is 4.90 Å². The highest BCUT2D eigenvalue weighted by Gasteiger charge is 2.76. The van der Waals surface area contributed by atoms with Crippen LogP contribution in [-0.4, -0.2) is 40.6 Å². The quantitative estimate of drug-likeness (QED) is 0.398. The van der Waals surface area contributed by atoms with E-state index in [4.69, 9.17) is 10.00 Å². The molecule has 3 saturated heterocycles. The SMILES string of the molecule is CCN[N+](=O)N[C@@H]1C[C@@]2(C)O[C@]1(C)[C@@H]1C(=O)N(c3ccc(C#N)c(C(F)(F)F)c3)C(=O)[C@@H]12. The van der Waals surface area contributed by atoms with Gasteiger partial charge in [-0.2, -0.15) is 18.4 Å². The minimum absolute atomic E-state index is 0.253. The molecule has 1 aromatic carbocycles. The molecule has 4 rings (SSSR count). The second kappa shape index (κ2) is 6.90. The number of carbonyl (C=O) groups is 2. The summed E-state index contributed by atoms with van der Waals surface area (Å²) in [4.78, 5) is 39.8. The standard InChI is InChI=1S/C20H21F3N5O4/c1-4-25-28(31)26-13-8-18(2)14-15(19(13,3)32-18)17(30)27(16(14)29)11-6-5-10(9-24)12(7-11)20(21,22)23/h5-7,13-15H,4,8H2,1-3H3,(H2,25,26,31)/q+1/t13-,14-,15+,18-,19+/m1/s1. The van der Waals surface area contributed by atoms with Crippen LogP contribution in [0.4, 0.5) is 18.9 Å². The molecule has 0 spiro atoms. The minimum Gasteiger partial charge on any atom is -0.365 e. The number of hydrogen-bond acceptors (Lipinski definition) is 5. The van der Waals surface area contributed by atoms with Gasteiger partial charge in [0, 0.05) is 6.42 Å². The van der Waals surface area contributed by atoms with Gasteiger partial charge >= 0.3 is 6.18 Å². The van der Waals surface area contributed by atoms with Crippen LogP contribution in [-0.2, 0) is 20.5 Å². The lowest BCUT2D eigenvalue weighted by Crippen LogP contribution is -2.58. The fourth-order valence-electron chi connectivity index (χ4n) is 5.32. The zero-order valence-corrected chi connectivity index (χ0v) is 17.5. The third kappa shape index (κ3) is 2.95. The first-order valence-electron chi connectivity index (χ1n) is 10.0. The lowest BCUT2D eigenvalue weighted by Gasteiger charge is -2.32. The van der Waals surface area contributed by atoms with Crippen LogP contribution in [0.25, 0.3) is 0 Å². The molecular weight excluding hydrogens is 431 g/mol. The number of benzene rings is 1. The highest BCUT2D eigenvalue weighted by molar-refractivity contribution is 6.23. The van der Waals surface area contributed by atoms with Crippen LogP contribution in [0.1, 0.15) is 38.3 Å². The Hall–Kier alpha value is -3.20. The Morgan fingerprint density at radius 3 is 2.53 bits per heavy atom. The minimum atomic E-state index is -4.83. The van der Waals surface area contributed by atoms with Gasteiger partial charge in [-0.15, -0.1) is 10.9 Å². The number of nitroso groups, excluding NO2 is 1. The summed E-state index contributed by atoms with van der Waals surface area (Å²) in [5, 5.41) is 9.00. The average Bonchev–Trinajstić information content (AvgIpc) is 3.21. The second-order valence-corrected chi connectivity index (χ2v) is 8.60. The molecule has 0 aromatic heterocycles. The number of nitrogens with one attached hydrogen (secondary N) is 2. The molecule has 3 aliphatic rings. The molecule has 0 unspecified atom stereocenters. The molecular formula is C20H21F3N5O4+. The maximum Gasteiger partial charge on any atom is 0.417 e.